The largest absolute Gasteiger partial charge is 0.484 e. The van der Waals surface area contributed by atoms with E-state index >= 15 is 0 Å². The number of aryl methyl sites for hydroxylation is 3. The number of anilines is 1. The van der Waals surface area contributed by atoms with Crippen LogP contribution in [0.2, 0.25) is 0 Å². The van der Waals surface area contributed by atoms with Crippen LogP contribution >= 0.6 is 0 Å². The van der Waals surface area contributed by atoms with Gasteiger partial charge in [-0.15, -0.1) is 0 Å². The smallest absolute Gasteiger partial charge is 0.167 e. The molecule has 1 aromatic heterocycles. The van der Waals surface area contributed by atoms with E-state index in [1.54, 1.807) is 10.7 Å². The summed E-state index contributed by atoms with van der Waals surface area (Å²) in [7, 11) is 1.85. The molecule has 0 amide bonds. The van der Waals surface area contributed by atoms with Gasteiger partial charge in [-0.2, -0.15) is 5.10 Å². The molecule has 2 rings (SSSR count). The van der Waals surface area contributed by atoms with Crippen molar-refractivity contribution in [1.82, 2.24) is 9.78 Å². The predicted octanol–water partition coefficient (Wildman–Crippen LogP) is 2.59. The summed E-state index contributed by atoms with van der Waals surface area (Å²) in [6.07, 6.45) is 0.864. The van der Waals surface area contributed by atoms with Crippen molar-refractivity contribution < 1.29 is 9.13 Å². The molecule has 0 saturated heterocycles. The molecule has 0 fully saturated rings. The van der Waals surface area contributed by atoms with Crippen molar-refractivity contribution in [1.29, 1.82) is 0 Å². The molecule has 0 aliphatic carbocycles. The Balaban J connectivity index is 2.14. The summed E-state index contributed by atoms with van der Waals surface area (Å²) in [6.45, 7) is 4.14. The van der Waals surface area contributed by atoms with Crippen molar-refractivity contribution >= 4 is 5.69 Å². The average Bonchev–Trinajstić information content (AvgIpc) is 2.73. The van der Waals surface area contributed by atoms with Gasteiger partial charge in [0.15, 0.2) is 11.6 Å². The van der Waals surface area contributed by atoms with E-state index in [2.05, 4.69) is 5.10 Å². The molecule has 0 bridgehead atoms. The maximum absolute atomic E-state index is 13.7. The molecule has 2 N–H and O–H groups in total. The fraction of sp³-hybridized carbons (Fsp3) is 0.357. The van der Waals surface area contributed by atoms with Crippen LogP contribution in [0.4, 0.5) is 10.1 Å². The number of hydrogen-bond acceptors (Lipinski definition) is 3. The summed E-state index contributed by atoms with van der Waals surface area (Å²) >= 11 is 0. The molecule has 1 heterocycles. The normalized spacial score (nSPS) is 10.7. The zero-order valence-corrected chi connectivity index (χ0v) is 11.4. The van der Waals surface area contributed by atoms with Gasteiger partial charge in [-0.3, -0.25) is 4.68 Å². The molecule has 19 heavy (non-hydrogen) atoms. The van der Waals surface area contributed by atoms with Crippen LogP contribution in [-0.2, 0) is 20.1 Å². The first-order chi connectivity index (χ1) is 9.01. The molecule has 0 unspecified atom stereocenters. The van der Waals surface area contributed by atoms with Gasteiger partial charge in [0.2, 0.25) is 0 Å². The lowest BCUT2D eigenvalue weighted by atomic mass is 10.2. The molecule has 0 spiro atoms. The Morgan fingerprint density at radius 2 is 2.11 bits per heavy atom. The van der Waals surface area contributed by atoms with Gasteiger partial charge in [-0.1, -0.05) is 6.92 Å². The summed E-state index contributed by atoms with van der Waals surface area (Å²) in [5, 5.41) is 4.32. The second-order valence-electron chi connectivity index (χ2n) is 4.53. The number of nitrogens with zero attached hydrogens (tertiary/aromatic N) is 2. The molecular weight excluding hydrogens is 245 g/mol. The van der Waals surface area contributed by atoms with Gasteiger partial charge in [-0.05, 0) is 31.0 Å². The van der Waals surface area contributed by atoms with Crippen LogP contribution in [0.1, 0.15) is 23.9 Å². The maximum Gasteiger partial charge on any atom is 0.167 e. The highest BCUT2D eigenvalue weighted by Crippen LogP contribution is 2.24. The molecule has 1 aromatic carbocycles. The van der Waals surface area contributed by atoms with Gasteiger partial charge in [-0.25, -0.2) is 4.39 Å². The number of ether oxygens (including phenoxy) is 1. The minimum Gasteiger partial charge on any atom is -0.484 e. The number of nitrogen functional groups attached to an aromatic ring is 1. The molecule has 0 aliphatic heterocycles. The quantitative estimate of drug-likeness (QED) is 0.863. The second kappa shape index (κ2) is 5.30. The molecular formula is C14H18FN3O. The van der Waals surface area contributed by atoms with Crippen molar-refractivity contribution in [3.63, 3.8) is 0 Å². The molecule has 5 heteroatoms. The number of hydrogen-bond donors (Lipinski definition) is 1. The Morgan fingerprint density at radius 3 is 2.74 bits per heavy atom. The van der Waals surface area contributed by atoms with E-state index < -0.39 is 5.82 Å². The highest BCUT2D eigenvalue weighted by molar-refractivity contribution is 5.50. The highest BCUT2D eigenvalue weighted by Gasteiger charge is 2.09. The monoisotopic (exact) mass is 263 g/mol. The van der Waals surface area contributed by atoms with E-state index in [0.717, 1.165) is 23.4 Å². The predicted molar refractivity (Wildman–Crippen MR) is 72.5 cm³/mol. The van der Waals surface area contributed by atoms with E-state index in [-0.39, 0.29) is 12.4 Å². The van der Waals surface area contributed by atoms with Crippen molar-refractivity contribution in [2.24, 2.45) is 7.05 Å². The van der Waals surface area contributed by atoms with Crippen LogP contribution < -0.4 is 10.5 Å². The Hall–Kier alpha value is -2.04. The SMILES string of the molecule is CCc1cc(COc2cc(C)c(N)cc2F)n(C)n1. The van der Waals surface area contributed by atoms with Crippen LogP contribution in [0, 0.1) is 12.7 Å². The van der Waals surface area contributed by atoms with Crippen LogP contribution in [0.25, 0.3) is 0 Å². The number of nitrogens with two attached hydrogens (primary N) is 1. The average molecular weight is 263 g/mol. The lowest BCUT2D eigenvalue weighted by molar-refractivity contribution is 0.280. The molecule has 2 aromatic rings. The third-order valence-corrected chi connectivity index (χ3v) is 3.09. The third kappa shape index (κ3) is 2.86. The second-order valence-corrected chi connectivity index (χ2v) is 4.53. The lowest BCUT2D eigenvalue weighted by Crippen LogP contribution is -2.04. The molecule has 102 valence electrons. The van der Waals surface area contributed by atoms with Gasteiger partial charge in [0, 0.05) is 18.8 Å². The molecule has 4 nitrogen and oxygen atoms in total. The summed E-state index contributed by atoms with van der Waals surface area (Å²) in [5.74, 6) is -0.230. The van der Waals surface area contributed by atoms with Crippen LogP contribution in [-0.4, -0.2) is 9.78 Å². The van der Waals surface area contributed by atoms with Crippen molar-refractivity contribution in [3.05, 3.63) is 41.0 Å². The van der Waals surface area contributed by atoms with E-state index in [0.29, 0.717) is 5.69 Å². The first-order valence-electron chi connectivity index (χ1n) is 6.21. The van der Waals surface area contributed by atoms with Gasteiger partial charge in [0.1, 0.15) is 6.61 Å². The fourth-order valence-electron chi connectivity index (χ4n) is 1.81. The van der Waals surface area contributed by atoms with Crippen molar-refractivity contribution in [2.75, 3.05) is 5.73 Å². The topological polar surface area (TPSA) is 53.1 Å². The van der Waals surface area contributed by atoms with E-state index in [4.69, 9.17) is 10.5 Å². The summed E-state index contributed by atoms with van der Waals surface area (Å²) in [5.41, 5.74) is 8.77. The third-order valence-electron chi connectivity index (χ3n) is 3.09. The van der Waals surface area contributed by atoms with E-state index in [1.165, 1.54) is 6.07 Å². The Labute approximate surface area is 112 Å². The summed E-state index contributed by atoms with van der Waals surface area (Å²) in [4.78, 5) is 0. The first kappa shape index (κ1) is 13.4. The molecule has 0 aliphatic rings. The zero-order valence-electron chi connectivity index (χ0n) is 11.4. The van der Waals surface area contributed by atoms with Crippen molar-refractivity contribution in [3.8, 4) is 5.75 Å². The highest BCUT2D eigenvalue weighted by atomic mass is 19.1. The zero-order chi connectivity index (χ0) is 14.0. The summed E-state index contributed by atoms with van der Waals surface area (Å²) < 4.78 is 20.9. The van der Waals surface area contributed by atoms with E-state index in [1.807, 2.05) is 27.0 Å². The molecule has 0 radical (unpaired) electrons. The fourth-order valence-corrected chi connectivity index (χ4v) is 1.81. The lowest BCUT2D eigenvalue weighted by Gasteiger charge is -2.09. The molecule has 0 atom stereocenters. The number of aromatic nitrogens is 2. The number of rotatable bonds is 4. The minimum atomic E-state index is -0.444. The Kier molecular flexibility index (Phi) is 3.74. The van der Waals surface area contributed by atoms with E-state index in [9.17, 15) is 4.39 Å². The Morgan fingerprint density at radius 1 is 1.37 bits per heavy atom. The molecule has 0 saturated carbocycles. The van der Waals surface area contributed by atoms with Gasteiger partial charge >= 0.3 is 0 Å². The summed E-state index contributed by atoms with van der Waals surface area (Å²) in [6, 6.07) is 4.86. The first-order valence-corrected chi connectivity index (χ1v) is 6.21. The number of halogens is 1. The van der Waals surface area contributed by atoms with Crippen LogP contribution in [0.3, 0.4) is 0 Å². The van der Waals surface area contributed by atoms with Crippen LogP contribution in [0.5, 0.6) is 5.75 Å². The minimum absolute atomic E-state index is 0.214. The standard InChI is InChI=1S/C14H18FN3O/c1-4-10-6-11(18(3)17-10)8-19-14-5-9(2)13(16)7-12(14)15/h5-7H,4,8,16H2,1-3H3. The maximum atomic E-state index is 13.7. The van der Waals surface area contributed by atoms with Crippen LogP contribution in [0.15, 0.2) is 18.2 Å². The number of benzene rings is 1. The Bertz CT molecular complexity index is 593. The van der Waals surface area contributed by atoms with Gasteiger partial charge in [0.05, 0.1) is 11.4 Å². The van der Waals surface area contributed by atoms with Crippen molar-refractivity contribution in [2.45, 2.75) is 26.9 Å². The van der Waals surface area contributed by atoms with Gasteiger partial charge in [0.25, 0.3) is 0 Å². The van der Waals surface area contributed by atoms with Gasteiger partial charge < -0.3 is 10.5 Å².